The molecule has 0 radical (unpaired) electrons. The van der Waals surface area contributed by atoms with Gasteiger partial charge in [-0.1, -0.05) is 36.1 Å². The van der Waals surface area contributed by atoms with E-state index in [2.05, 4.69) is 11.8 Å². The first-order valence-electron chi connectivity index (χ1n) is 6.70. The Labute approximate surface area is 123 Å². The quantitative estimate of drug-likeness (QED) is 0.846. The zero-order valence-electron chi connectivity index (χ0n) is 11.5. The van der Waals surface area contributed by atoms with Gasteiger partial charge in [0.25, 0.3) is 0 Å². The molecule has 2 aromatic rings. The third-order valence-corrected chi connectivity index (χ3v) is 3.04. The fourth-order valence-electron chi connectivity index (χ4n) is 1.90. The summed E-state index contributed by atoms with van der Waals surface area (Å²) in [6, 6.07) is 15.0. The van der Waals surface area contributed by atoms with E-state index < -0.39 is 5.97 Å². The summed E-state index contributed by atoms with van der Waals surface area (Å²) in [5, 5.41) is 17.7. The molecule has 0 aliphatic carbocycles. The molecule has 0 aliphatic heterocycles. The van der Waals surface area contributed by atoms with Crippen LogP contribution < -0.4 is 0 Å². The monoisotopic (exact) mass is 280 g/mol. The van der Waals surface area contributed by atoms with Crippen molar-refractivity contribution in [3.63, 3.8) is 0 Å². The van der Waals surface area contributed by atoms with E-state index in [0.717, 1.165) is 22.3 Å². The molecule has 21 heavy (non-hydrogen) atoms. The van der Waals surface area contributed by atoms with Gasteiger partial charge >= 0.3 is 5.97 Å². The second-order valence-corrected chi connectivity index (χ2v) is 4.70. The van der Waals surface area contributed by atoms with Crippen molar-refractivity contribution in [2.45, 2.75) is 19.4 Å². The smallest absolute Gasteiger partial charge is 0.303 e. The van der Waals surface area contributed by atoms with Crippen molar-refractivity contribution < 1.29 is 15.0 Å². The van der Waals surface area contributed by atoms with Crippen LogP contribution in [0.15, 0.2) is 48.5 Å². The molecular weight excluding hydrogens is 264 g/mol. The summed E-state index contributed by atoms with van der Waals surface area (Å²) in [5.41, 5.74) is 3.57. The van der Waals surface area contributed by atoms with Crippen molar-refractivity contribution in [3.05, 3.63) is 70.8 Å². The van der Waals surface area contributed by atoms with Crippen LogP contribution in [0.3, 0.4) is 0 Å². The minimum Gasteiger partial charge on any atom is -0.481 e. The van der Waals surface area contributed by atoms with Crippen molar-refractivity contribution in [1.82, 2.24) is 0 Å². The Morgan fingerprint density at radius 2 is 1.67 bits per heavy atom. The summed E-state index contributed by atoms with van der Waals surface area (Å²) in [4.78, 5) is 10.5. The van der Waals surface area contributed by atoms with Gasteiger partial charge in [0.1, 0.15) is 0 Å². The zero-order chi connectivity index (χ0) is 15.1. The number of carbonyl (C=O) groups is 1. The first kappa shape index (κ1) is 14.8. The molecule has 0 amide bonds. The number of rotatable bonds is 4. The van der Waals surface area contributed by atoms with Gasteiger partial charge in [-0.15, -0.1) is 0 Å². The van der Waals surface area contributed by atoms with Crippen molar-refractivity contribution in [1.29, 1.82) is 0 Å². The minimum absolute atomic E-state index is 0.00773. The Morgan fingerprint density at radius 1 is 0.952 bits per heavy atom. The predicted octanol–water partition coefficient (Wildman–Crippen LogP) is 2.60. The number of benzene rings is 2. The van der Waals surface area contributed by atoms with Crippen LogP contribution >= 0.6 is 0 Å². The van der Waals surface area contributed by atoms with E-state index in [1.165, 1.54) is 0 Å². The molecule has 0 bridgehead atoms. The topological polar surface area (TPSA) is 57.5 Å². The Bertz CT molecular complexity index is 676. The fraction of sp³-hybridized carbons (Fsp3) is 0.167. The summed E-state index contributed by atoms with van der Waals surface area (Å²) in [5.74, 6) is 5.32. The number of aliphatic hydroxyl groups excluding tert-OH is 1. The Morgan fingerprint density at radius 3 is 2.33 bits per heavy atom. The van der Waals surface area contributed by atoms with Gasteiger partial charge in [-0.05, 0) is 41.8 Å². The molecule has 0 heterocycles. The molecule has 0 atom stereocenters. The first-order chi connectivity index (χ1) is 10.2. The average Bonchev–Trinajstić information content (AvgIpc) is 2.52. The Balaban J connectivity index is 2.06. The second-order valence-electron chi connectivity index (χ2n) is 4.70. The van der Waals surface area contributed by atoms with Crippen molar-refractivity contribution >= 4 is 5.97 Å². The highest BCUT2D eigenvalue weighted by Crippen LogP contribution is 2.07. The maximum Gasteiger partial charge on any atom is 0.303 e. The van der Waals surface area contributed by atoms with Crippen LogP contribution in [-0.2, 0) is 17.8 Å². The Hall–Kier alpha value is -2.57. The van der Waals surface area contributed by atoms with Crippen molar-refractivity contribution in [2.24, 2.45) is 0 Å². The maximum absolute atomic E-state index is 10.5. The van der Waals surface area contributed by atoms with Crippen LogP contribution in [0.4, 0.5) is 0 Å². The lowest BCUT2D eigenvalue weighted by Gasteiger charge is -1.98. The van der Waals surface area contributed by atoms with E-state index >= 15 is 0 Å². The van der Waals surface area contributed by atoms with E-state index in [9.17, 15) is 4.79 Å². The summed E-state index contributed by atoms with van der Waals surface area (Å²) in [6.07, 6.45) is 0.667. The first-order valence-corrected chi connectivity index (χ1v) is 6.70. The standard InChI is InChI=1S/C18H16O3/c19-13-17-3-1-2-16(12-17)9-8-14-4-6-15(7-5-14)10-11-18(20)21/h1-7,12,19H,10-11,13H2,(H,20,21). The van der Waals surface area contributed by atoms with Crippen LogP contribution in [0.2, 0.25) is 0 Å². The largest absolute Gasteiger partial charge is 0.481 e. The van der Waals surface area contributed by atoms with E-state index in [0.29, 0.717) is 6.42 Å². The van der Waals surface area contributed by atoms with E-state index in [4.69, 9.17) is 10.2 Å². The van der Waals surface area contributed by atoms with Gasteiger partial charge in [0, 0.05) is 17.5 Å². The molecule has 2 aromatic carbocycles. The normalized spacial score (nSPS) is 9.76. The number of aryl methyl sites for hydroxylation is 1. The van der Waals surface area contributed by atoms with Gasteiger partial charge in [0.05, 0.1) is 6.61 Å². The van der Waals surface area contributed by atoms with Crippen LogP contribution in [0.25, 0.3) is 0 Å². The van der Waals surface area contributed by atoms with Gasteiger partial charge in [-0.2, -0.15) is 0 Å². The molecule has 0 saturated heterocycles. The number of aliphatic carboxylic acids is 1. The summed E-state index contributed by atoms with van der Waals surface area (Å²) in [7, 11) is 0. The highest BCUT2D eigenvalue weighted by atomic mass is 16.4. The lowest BCUT2D eigenvalue weighted by Crippen LogP contribution is -1.97. The lowest BCUT2D eigenvalue weighted by molar-refractivity contribution is -0.136. The molecule has 3 heteroatoms. The second kappa shape index (κ2) is 7.28. The maximum atomic E-state index is 10.5. The molecular formula is C18H16O3. The molecule has 2 N–H and O–H groups in total. The number of carboxylic acid groups (broad SMARTS) is 1. The molecule has 0 fully saturated rings. The third-order valence-electron chi connectivity index (χ3n) is 3.04. The highest BCUT2D eigenvalue weighted by Gasteiger charge is 1.98. The van der Waals surface area contributed by atoms with Crippen LogP contribution in [0.1, 0.15) is 28.7 Å². The van der Waals surface area contributed by atoms with Crippen molar-refractivity contribution in [3.8, 4) is 11.8 Å². The number of carboxylic acids is 1. The molecule has 3 nitrogen and oxygen atoms in total. The van der Waals surface area contributed by atoms with Crippen LogP contribution in [0.5, 0.6) is 0 Å². The fourth-order valence-corrected chi connectivity index (χ4v) is 1.90. The zero-order valence-corrected chi connectivity index (χ0v) is 11.5. The number of hydrogen-bond donors (Lipinski definition) is 2. The van der Waals surface area contributed by atoms with Gasteiger partial charge < -0.3 is 10.2 Å². The van der Waals surface area contributed by atoms with Crippen LogP contribution in [0, 0.1) is 11.8 Å². The van der Waals surface area contributed by atoms with Crippen LogP contribution in [-0.4, -0.2) is 16.2 Å². The molecule has 0 aromatic heterocycles. The lowest BCUT2D eigenvalue weighted by atomic mass is 10.1. The molecule has 0 unspecified atom stereocenters. The third kappa shape index (κ3) is 4.79. The molecule has 0 spiro atoms. The van der Waals surface area contributed by atoms with Gasteiger partial charge in [-0.3, -0.25) is 4.79 Å². The average molecular weight is 280 g/mol. The summed E-state index contributed by atoms with van der Waals surface area (Å²) < 4.78 is 0. The van der Waals surface area contributed by atoms with E-state index in [1.807, 2.05) is 48.5 Å². The molecule has 2 rings (SSSR count). The number of aliphatic hydroxyl groups is 1. The van der Waals surface area contributed by atoms with Gasteiger partial charge in [0.15, 0.2) is 0 Å². The minimum atomic E-state index is -0.789. The van der Waals surface area contributed by atoms with Gasteiger partial charge in [0.2, 0.25) is 0 Å². The molecule has 0 saturated carbocycles. The van der Waals surface area contributed by atoms with Gasteiger partial charge in [-0.25, -0.2) is 0 Å². The summed E-state index contributed by atoms with van der Waals surface area (Å²) >= 11 is 0. The van der Waals surface area contributed by atoms with Crippen molar-refractivity contribution in [2.75, 3.05) is 0 Å². The molecule has 0 aliphatic rings. The number of hydrogen-bond acceptors (Lipinski definition) is 2. The summed E-state index contributed by atoms with van der Waals surface area (Å²) in [6.45, 7) is 0.00773. The molecule has 106 valence electrons. The predicted molar refractivity (Wildman–Crippen MR) is 80.7 cm³/mol. The van der Waals surface area contributed by atoms with E-state index in [-0.39, 0.29) is 13.0 Å². The van der Waals surface area contributed by atoms with E-state index in [1.54, 1.807) is 0 Å². The Kier molecular flexibility index (Phi) is 5.14. The highest BCUT2D eigenvalue weighted by molar-refractivity contribution is 5.67. The SMILES string of the molecule is O=C(O)CCc1ccc(C#Cc2cccc(CO)c2)cc1.